The van der Waals surface area contributed by atoms with Crippen LogP contribution in [0.4, 0.5) is 5.69 Å². The maximum atomic E-state index is 12.8. The van der Waals surface area contributed by atoms with E-state index in [1.807, 2.05) is 19.9 Å². The molecule has 0 radical (unpaired) electrons. The van der Waals surface area contributed by atoms with Crippen LogP contribution in [0.2, 0.25) is 5.02 Å². The average molecular weight is 472 g/mol. The minimum absolute atomic E-state index is 0.108. The highest BCUT2D eigenvalue weighted by molar-refractivity contribution is 7.92. The van der Waals surface area contributed by atoms with Crippen LogP contribution >= 0.6 is 11.6 Å². The Bertz CT molecular complexity index is 1420. The maximum absolute atomic E-state index is 12.8. The summed E-state index contributed by atoms with van der Waals surface area (Å²) in [6.07, 6.45) is 0. The highest BCUT2D eigenvalue weighted by Gasteiger charge is 2.22. The number of halogens is 1. The number of anilines is 1. The number of esters is 1. The number of aromatic nitrogens is 4. The van der Waals surface area contributed by atoms with Crippen molar-refractivity contribution in [1.82, 2.24) is 19.6 Å². The topological polar surface area (TPSA) is 107 Å². The van der Waals surface area contributed by atoms with Crippen LogP contribution in [0, 0.1) is 13.8 Å². The van der Waals surface area contributed by atoms with Gasteiger partial charge in [-0.05, 0) is 68.4 Å². The Hall–Kier alpha value is -3.50. The van der Waals surface area contributed by atoms with E-state index in [-0.39, 0.29) is 16.5 Å². The molecular formula is C21H18ClN5O4S. The molecule has 0 atom stereocenters. The lowest BCUT2D eigenvalue weighted by Gasteiger charge is -2.19. The Kier molecular flexibility index (Phi) is 5.57. The van der Waals surface area contributed by atoms with Crippen molar-refractivity contribution < 1.29 is 17.9 Å². The normalized spacial score (nSPS) is 11.5. The van der Waals surface area contributed by atoms with E-state index in [0.717, 1.165) is 15.7 Å². The number of nitrogens with zero attached hydrogens (tertiary/aromatic N) is 5. The summed E-state index contributed by atoms with van der Waals surface area (Å²) in [5, 5.41) is 4.58. The molecule has 0 fully saturated rings. The monoisotopic (exact) mass is 471 g/mol. The van der Waals surface area contributed by atoms with Crippen molar-refractivity contribution >= 4 is 39.1 Å². The zero-order valence-corrected chi connectivity index (χ0v) is 18.9. The lowest BCUT2D eigenvalue weighted by atomic mass is 10.3. The number of rotatable bonds is 5. The fourth-order valence-electron chi connectivity index (χ4n) is 3.03. The molecule has 11 heteroatoms. The number of fused-ring (bicyclic) bond motifs is 1. The van der Waals surface area contributed by atoms with Crippen LogP contribution in [0.25, 0.3) is 5.78 Å². The van der Waals surface area contributed by atoms with Gasteiger partial charge in [0, 0.05) is 23.5 Å². The van der Waals surface area contributed by atoms with Crippen LogP contribution in [-0.4, -0.2) is 41.0 Å². The number of hydrogen-bond acceptors (Lipinski definition) is 7. The van der Waals surface area contributed by atoms with Gasteiger partial charge in [0.25, 0.3) is 21.6 Å². The Balaban J connectivity index is 1.52. The van der Waals surface area contributed by atoms with E-state index in [2.05, 4.69) is 15.1 Å². The molecule has 4 rings (SSSR count). The smallest absolute Gasteiger partial charge is 0.383 e. The molecule has 0 amide bonds. The number of ether oxygens (including phenoxy) is 1. The molecule has 0 aliphatic rings. The number of benzene rings is 2. The second kappa shape index (κ2) is 8.21. The SMILES string of the molecule is Cc1cc(C)n2nc(C(=O)Oc3ccc(N(C)S(=O)(=O)c4ccc(Cl)cc4)cc3)nc2n1. The van der Waals surface area contributed by atoms with Gasteiger partial charge in [0.05, 0.1) is 10.6 Å². The van der Waals surface area contributed by atoms with E-state index in [4.69, 9.17) is 16.3 Å². The fourth-order valence-corrected chi connectivity index (χ4v) is 4.35. The average Bonchev–Trinajstić information content (AvgIpc) is 3.19. The first-order valence-corrected chi connectivity index (χ1v) is 11.2. The van der Waals surface area contributed by atoms with Crippen molar-refractivity contribution in [2.24, 2.45) is 0 Å². The first kappa shape index (κ1) is 21.7. The third-order valence-corrected chi connectivity index (χ3v) is 6.74. The first-order chi connectivity index (χ1) is 15.1. The van der Waals surface area contributed by atoms with Crippen LogP contribution < -0.4 is 9.04 Å². The van der Waals surface area contributed by atoms with Gasteiger partial charge in [-0.3, -0.25) is 4.31 Å². The Morgan fingerprint density at radius 2 is 1.69 bits per heavy atom. The molecule has 0 saturated carbocycles. The molecule has 2 aromatic carbocycles. The zero-order chi connectivity index (χ0) is 23.0. The van der Waals surface area contributed by atoms with Crippen LogP contribution in [0.5, 0.6) is 5.75 Å². The van der Waals surface area contributed by atoms with E-state index in [1.54, 1.807) is 0 Å². The number of aryl methyl sites for hydroxylation is 2. The maximum Gasteiger partial charge on any atom is 0.383 e. The van der Waals surface area contributed by atoms with Crippen molar-refractivity contribution in [1.29, 1.82) is 0 Å². The molecule has 0 aliphatic heterocycles. The van der Waals surface area contributed by atoms with Gasteiger partial charge in [0.1, 0.15) is 5.75 Å². The van der Waals surface area contributed by atoms with Gasteiger partial charge in [-0.2, -0.15) is 4.98 Å². The van der Waals surface area contributed by atoms with Gasteiger partial charge >= 0.3 is 5.97 Å². The van der Waals surface area contributed by atoms with Gasteiger partial charge in [0.15, 0.2) is 0 Å². The molecule has 2 aromatic heterocycles. The third kappa shape index (κ3) is 4.14. The van der Waals surface area contributed by atoms with E-state index < -0.39 is 16.0 Å². The summed E-state index contributed by atoms with van der Waals surface area (Å²) in [4.78, 5) is 20.9. The standard InChI is InChI=1S/C21H18ClN5O4S/c1-13-12-14(2)27-21(23-13)24-19(25-27)20(28)31-17-8-6-16(7-9-17)26(3)32(29,30)18-10-4-15(22)5-11-18/h4-12H,1-3H3. The van der Waals surface area contributed by atoms with Crippen molar-refractivity contribution in [3.8, 4) is 5.75 Å². The molecule has 0 spiro atoms. The molecular weight excluding hydrogens is 454 g/mol. The molecule has 0 aliphatic carbocycles. The second-order valence-electron chi connectivity index (χ2n) is 7.00. The number of hydrogen-bond donors (Lipinski definition) is 0. The lowest BCUT2D eigenvalue weighted by molar-refractivity contribution is 0.0722. The molecule has 0 saturated heterocycles. The number of sulfonamides is 1. The van der Waals surface area contributed by atoms with Crippen molar-refractivity contribution in [3.63, 3.8) is 0 Å². The van der Waals surface area contributed by atoms with E-state index in [0.29, 0.717) is 16.5 Å². The minimum Gasteiger partial charge on any atom is -0.421 e. The Morgan fingerprint density at radius 1 is 1.03 bits per heavy atom. The van der Waals surface area contributed by atoms with E-state index in [1.165, 1.54) is 60.1 Å². The molecule has 4 aromatic rings. The van der Waals surface area contributed by atoms with Gasteiger partial charge in [0.2, 0.25) is 0 Å². The number of carbonyl (C=O) groups excluding carboxylic acids is 1. The highest BCUT2D eigenvalue weighted by Crippen LogP contribution is 2.25. The molecule has 0 bridgehead atoms. The van der Waals surface area contributed by atoms with Crippen LogP contribution in [0.3, 0.4) is 0 Å². The van der Waals surface area contributed by atoms with Crippen LogP contribution in [0.1, 0.15) is 22.0 Å². The summed E-state index contributed by atoms with van der Waals surface area (Å²) in [5.74, 6) is -0.352. The first-order valence-electron chi connectivity index (χ1n) is 9.43. The lowest BCUT2D eigenvalue weighted by Crippen LogP contribution is -2.26. The molecule has 9 nitrogen and oxygen atoms in total. The minimum atomic E-state index is -3.77. The second-order valence-corrected chi connectivity index (χ2v) is 9.40. The van der Waals surface area contributed by atoms with Crippen LogP contribution in [0.15, 0.2) is 59.5 Å². The van der Waals surface area contributed by atoms with Gasteiger partial charge in [-0.25, -0.2) is 22.7 Å². The van der Waals surface area contributed by atoms with E-state index >= 15 is 0 Å². The Morgan fingerprint density at radius 3 is 2.34 bits per heavy atom. The zero-order valence-electron chi connectivity index (χ0n) is 17.4. The number of carbonyl (C=O) groups is 1. The predicted molar refractivity (Wildman–Crippen MR) is 119 cm³/mol. The summed E-state index contributed by atoms with van der Waals surface area (Å²) < 4.78 is 33.5. The molecule has 2 heterocycles. The van der Waals surface area contributed by atoms with Gasteiger partial charge in [-0.15, -0.1) is 5.10 Å². The summed E-state index contributed by atoms with van der Waals surface area (Å²) in [5.41, 5.74) is 1.94. The Labute approximate surface area is 189 Å². The molecule has 32 heavy (non-hydrogen) atoms. The molecule has 0 N–H and O–H groups in total. The van der Waals surface area contributed by atoms with E-state index in [9.17, 15) is 13.2 Å². The largest absolute Gasteiger partial charge is 0.421 e. The van der Waals surface area contributed by atoms with Crippen molar-refractivity contribution in [3.05, 3.63) is 76.8 Å². The quantitative estimate of drug-likeness (QED) is 0.324. The summed E-state index contributed by atoms with van der Waals surface area (Å²) in [7, 11) is -2.34. The third-order valence-electron chi connectivity index (χ3n) is 4.68. The molecule has 164 valence electrons. The highest BCUT2D eigenvalue weighted by atomic mass is 35.5. The summed E-state index contributed by atoms with van der Waals surface area (Å²) >= 11 is 5.84. The van der Waals surface area contributed by atoms with Crippen molar-refractivity contribution in [2.75, 3.05) is 11.4 Å². The predicted octanol–water partition coefficient (Wildman–Crippen LogP) is 3.44. The van der Waals surface area contributed by atoms with Crippen LogP contribution in [-0.2, 0) is 10.0 Å². The van der Waals surface area contributed by atoms with Gasteiger partial charge < -0.3 is 4.74 Å². The summed E-state index contributed by atoms with van der Waals surface area (Å²) in [6, 6.07) is 13.8. The van der Waals surface area contributed by atoms with Gasteiger partial charge in [-0.1, -0.05) is 11.6 Å². The fraction of sp³-hybridized carbons (Fsp3) is 0.143. The van der Waals surface area contributed by atoms with Crippen molar-refractivity contribution in [2.45, 2.75) is 18.7 Å². The summed E-state index contributed by atoms with van der Waals surface area (Å²) in [6.45, 7) is 3.66. The molecule has 0 unspecified atom stereocenters.